The molecule has 0 spiro atoms. The smallest absolute Gasteiger partial charge is 0.303 e. The van der Waals surface area contributed by atoms with Gasteiger partial charge in [0.2, 0.25) is 0 Å². The van der Waals surface area contributed by atoms with Gasteiger partial charge in [0, 0.05) is 35.4 Å². The second kappa shape index (κ2) is 8.47. The SMILES string of the molecule is O=C(O)CCCCNC(=O)c1cccc(C=C2C(=O)Nc3ccc(F)cc32)c1. The first-order chi connectivity index (χ1) is 13.4. The molecule has 0 aromatic heterocycles. The van der Waals surface area contributed by atoms with Crippen molar-refractivity contribution >= 4 is 35.1 Å². The van der Waals surface area contributed by atoms with Gasteiger partial charge in [0.1, 0.15) is 5.82 Å². The van der Waals surface area contributed by atoms with E-state index in [0.717, 1.165) is 0 Å². The van der Waals surface area contributed by atoms with Crippen molar-refractivity contribution in [3.05, 3.63) is 65.0 Å². The van der Waals surface area contributed by atoms with E-state index in [1.165, 1.54) is 18.2 Å². The number of carbonyl (C=O) groups is 3. The predicted octanol–water partition coefficient (Wildman–Crippen LogP) is 3.30. The highest BCUT2D eigenvalue weighted by atomic mass is 19.1. The maximum Gasteiger partial charge on any atom is 0.303 e. The van der Waals surface area contributed by atoms with Crippen LogP contribution >= 0.6 is 0 Å². The summed E-state index contributed by atoms with van der Waals surface area (Å²) in [5.74, 6) is -1.89. The molecule has 0 aliphatic carbocycles. The highest BCUT2D eigenvalue weighted by molar-refractivity contribution is 6.34. The number of carbonyl (C=O) groups excluding carboxylic acids is 2. The second-order valence-corrected chi connectivity index (χ2v) is 6.43. The number of carboxylic acid groups (broad SMARTS) is 1. The van der Waals surface area contributed by atoms with Crippen molar-refractivity contribution < 1.29 is 23.9 Å². The van der Waals surface area contributed by atoms with Crippen LogP contribution in [0.2, 0.25) is 0 Å². The van der Waals surface area contributed by atoms with E-state index in [0.29, 0.717) is 47.3 Å². The molecule has 0 bridgehead atoms. The molecule has 0 unspecified atom stereocenters. The van der Waals surface area contributed by atoms with Gasteiger partial charge in [-0.05, 0) is 54.8 Å². The number of aliphatic carboxylic acids is 1. The zero-order valence-corrected chi connectivity index (χ0v) is 15.0. The van der Waals surface area contributed by atoms with Crippen molar-refractivity contribution in [1.82, 2.24) is 5.32 Å². The quantitative estimate of drug-likeness (QED) is 0.506. The van der Waals surface area contributed by atoms with Crippen LogP contribution in [-0.4, -0.2) is 29.4 Å². The molecule has 1 aliphatic heterocycles. The topological polar surface area (TPSA) is 95.5 Å². The Morgan fingerprint density at radius 3 is 2.75 bits per heavy atom. The number of benzene rings is 2. The summed E-state index contributed by atoms with van der Waals surface area (Å²) in [6, 6.07) is 10.8. The van der Waals surface area contributed by atoms with Crippen LogP contribution in [0.5, 0.6) is 0 Å². The lowest BCUT2D eigenvalue weighted by Crippen LogP contribution is -2.24. The van der Waals surface area contributed by atoms with E-state index in [2.05, 4.69) is 10.6 Å². The van der Waals surface area contributed by atoms with E-state index in [4.69, 9.17) is 5.11 Å². The van der Waals surface area contributed by atoms with Crippen LogP contribution in [0.3, 0.4) is 0 Å². The van der Waals surface area contributed by atoms with Crippen LogP contribution in [-0.2, 0) is 9.59 Å². The molecule has 0 atom stereocenters. The fourth-order valence-corrected chi connectivity index (χ4v) is 2.95. The maximum absolute atomic E-state index is 13.5. The first-order valence-corrected chi connectivity index (χ1v) is 8.87. The molecule has 3 N–H and O–H groups in total. The van der Waals surface area contributed by atoms with Gasteiger partial charge in [-0.15, -0.1) is 0 Å². The largest absolute Gasteiger partial charge is 0.481 e. The number of rotatable bonds is 7. The van der Waals surface area contributed by atoms with Gasteiger partial charge in [0.25, 0.3) is 11.8 Å². The minimum atomic E-state index is -0.857. The van der Waals surface area contributed by atoms with Crippen LogP contribution in [0.15, 0.2) is 42.5 Å². The van der Waals surface area contributed by atoms with Gasteiger partial charge >= 0.3 is 5.97 Å². The van der Waals surface area contributed by atoms with Crippen molar-refractivity contribution in [3.8, 4) is 0 Å². The summed E-state index contributed by atoms with van der Waals surface area (Å²) < 4.78 is 13.5. The van der Waals surface area contributed by atoms with E-state index in [-0.39, 0.29) is 18.2 Å². The lowest BCUT2D eigenvalue weighted by molar-refractivity contribution is -0.137. The van der Waals surface area contributed by atoms with Crippen LogP contribution in [0.25, 0.3) is 11.6 Å². The first-order valence-electron chi connectivity index (χ1n) is 8.87. The summed E-state index contributed by atoms with van der Waals surface area (Å²) in [4.78, 5) is 34.9. The third-order valence-corrected chi connectivity index (χ3v) is 4.33. The number of unbranched alkanes of at least 4 members (excludes halogenated alkanes) is 1. The lowest BCUT2D eigenvalue weighted by Gasteiger charge is -2.06. The van der Waals surface area contributed by atoms with E-state index >= 15 is 0 Å². The third-order valence-electron chi connectivity index (χ3n) is 4.33. The molecule has 0 fully saturated rings. The zero-order valence-electron chi connectivity index (χ0n) is 15.0. The minimum absolute atomic E-state index is 0.0725. The fourth-order valence-electron chi connectivity index (χ4n) is 2.95. The zero-order chi connectivity index (χ0) is 20.1. The van der Waals surface area contributed by atoms with Gasteiger partial charge in [0.05, 0.1) is 0 Å². The maximum atomic E-state index is 13.5. The molecular formula is C21H19FN2O4. The van der Waals surface area contributed by atoms with Gasteiger partial charge < -0.3 is 15.7 Å². The van der Waals surface area contributed by atoms with Crippen LogP contribution in [0, 0.1) is 5.82 Å². The molecule has 144 valence electrons. The molecule has 1 aliphatic rings. The Balaban J connectivity index is 1.71. The van der Waals surface area contributed by atoms with Gasteiger partial charge in [-0.25, -0.2) is 4.39 Å². The number of nitrogens with one attached hydrogen (secondary N) is 2. The highest BCUT2D eigenvalue weighted by Gasteiger charge is 2.24. The second-order valence-electron chi connectivity index (χ2n) is 6.43. The summed E-state index contributed by atoms with van der Waals surface area (Å²) in [6.45, 7) is 0.381. The predicted molar refractivity (Wildman–Crippen MR) is 103 cm³/mol. The third kappa shape index (κ3) is 4.62. The Kier molecular flexibility index (Phi) is 5.84. The van der Waals surface area contributed by atoms with Crippen molar-refractivity contribution in [2.24, 2.45) is 0 Å². The highest BCUT2D eigenvalue weighted by Crippen LogP contribution is 2.33. The fraction of sp³-hybridized carbons (Fsp3) is 0.190. The van der Waals surface area contributed by atoms with Crippen LogP contribution in [0.4, 0.5) is 10.1 Å². The molecule has 3 rings (SSSR count). The molecule has 2 aromatic rings. The number of fused-ring (bicyclic) bond motifs is 1. The Labute approximate surface area is 161 Å². The van der Waals surface area contributed by atoms with E-state index in [9.17, 15) is 18.8 Å². The lowest BCUT2D eigenvalue weighted by atomic mass is 10.0. The Bertz CT molecular complexity index is 969. The molecule has 0 saturated carbocycles. The molecule has 7 heteroatoms. The number of anilines is 1. The van der Waals surface area contributed by atoms with Crippen LogP contribution in [0.1, 0.15) is 40.7 Å². The average Bonchev–Trinajstić information content (AvgIpc) is 2.96. The number of carboxylic acids is 1. The minimum Gasteiger partial charge on any atom is -0.481 e. The molecule has 28 heavy (non-hydrogen) atoms. The molecule has 1 heterocycles. The standard InChI is InChI=1S/C21H19FN2O4/c22-15-7-8-18-16(12-15)17(21(28)24-18)11-13-4-3-5-14(10-13)20(27)23-9-2-1-6-19(25)26/h3-5,7-8,10-12H,1-2,6,9H2,(H,23,27)(H,24,28)(H,25,26). The summed E-state index contributed by atoms with van der Waals surface area (Å²) in [7, 11) is 0. The van der Waals surface area contributed by atoms with Crippen molar-refractivity contribution in [3.63, 3.8) is 0 Å². The summed E-state index contributed by atoms with van der Waals surface area (Å²) in [5.41, 5.74) is 2.43. The van der Waals surface area contributed by atoms with Gasteiger partial charge in [0.15, 0.2) is 0 Å². The van der Waals surface area contributed by atoms with Crippen molar-refractivity contribution in [2.75, 3.05) is 11.9 Å². The average molecular weight is 382 g/mol. The van der Waals surface area contributed by atoms with E-state index < -0.39 is 11.8 Å². The first kappa shape index (κ1) is 19.3. The molecular weight excluding hydrogens is 363 g/mol. The Morgan fingerprint density at radius 1 is 1.14 bits per heavy atom. The summed E-state index contributed by atoms with van der Waals surface area (Å²) in [6.07, 6.45) is 2.75. The van der Waals surface area contributed by atoms with Crippen molar-refractivity contribution in [1.29, 1.82) is 0 Å². The number of halogens is 1. The summed E-state index contributed by atoms with van der Waals surface area (Å²) >= 11 is 0. The molecule has 2 amide bonds. The van der Waals surface area contributed by atoms with E-state index in [1.807, 2.05) is 0 Å². The molecule has 6 nitrogen and oxygen atoms in total. The number of hydrogen-bond acceptors (Lipinski definition) is 3. The number of hydrogen-bond donors (Lipinski definition) is 3. The van der Waals surface area contributed by atoms with Crippen molar-refractivity contribution in [2.45, 2.75) is 19.3 Å². The van der Waals surface area contributed by atoms with Gasteiger partial charge in [-0.3, -0.25) is 14.4 Å². The molecule has 0 saturated heterocycles. The molecule has 0 radical (unpaired) electrons. The number of amides is 2. The summed E-state index contributed by atoms with van der Waals surface area (Å²) in [5, 5.41) is 14.0. The molecule has 2 aromatic carbocycles. The van der Waals surface area contributed by atoms with E-state index in [1.54, 1.807) is 30.3 Å². The van der Waals surface area contributed by atoms with Gasteiger partial charge in [-0.1, -0.05) is 12.1 Å². The monoisotopic (exact) mass is 382 g/mol. The Morgan fingerprint density at radius 2 is 1.96 bits per heavy atom. The normalized spacial score (nSPS) is 13.9. The van der Waals surface area contributed by atoms with Crippen LogP contribution < -0.4 is 10.6 Å². The Hall–Kier alpha value is -3.48. The van der Waals surface area contributed by atoms with Gasteiger partial charge in [-0.2, -0.15) is 0 Å².